The second kappa shape index (κ2) is 7.09. The number of anilines is 1. The lowest BCUT2D eigenvalue weighted by Crippen LogP contribution is -2.41. The van der Waals surface area contributed by atoms with Gasteiger partial charge in [-0.3, -0.25) is 4.79 Å². The van der Waals surface area contributed by atoms with Crippen molar-refractivity contribution in [3.63, 3.8) is 0 Å². The summed E-state index contributed by atoms with van der Waals surface area (Å²) in [6, 6.07) is 6.50. The number of fused-ring (bicyclic) bond motifs is 1. The average Bonchev–Trinajstić information content (AvgIpc) is 2.44. The molecule has 0 saturated heterocycles. The smallest absolute Gasteiger partial charge is 0.231 e. The van der Waals surface area contributed by atoms with Crippen LogP contribution in [0.1, 0.15) is 44.2 Å². The van der Waals surface area contributed by atoms with Crippen molar-refractivity contribution < 1.29 is 4.79 Å². The van der Waals surface area contributed by atoms with Crippen molar-refractivity contribution in [2.45, 2.75) is 39.5 Å². The molecule has 1 aliphatic heterocycles. The van der Waals surface area contributed by atoms with Crippen LogP contribution in [0.2, 0.25) is 0 Å². The minimum atomic E-state index is -0.101. The Kier molecular flexibility index (Phi) is 6.03. The summed E-state index contributed by atoms with van der Waals surface area (Å²) in [5.74, 6) is 0.579. The van der Waals surface area contributed by atoms with E-state index in [0.717, 1.165) is 25.1 Å². The van der Waals surface area contributed by atoms with Crippen LogP contribution >= 0.6 is 12.4 Å². The maximum absolute atomic E-state index is 12.4. The van der Waals surface area contributed by atoms with E-state index in [1.54, 1.807) is 0 Å². The van der Waals surface area contributed by atoms with Gasteiger partial charge in [0, 0.05) is 24.7 Å². The number of amides is 1. The highest BCUT2D eigenvalue weighted by atomic mass is 35.5. The predicted octanol–water partition coefficient (Wildman–Crippen LogP) is 3.11. The summed E-state index contributed by atoms with van der Waals surface area (Å²) in [5, 5.41) is 0. The molecule has 0 radical (unpaired) electrons. The molecule has 1 heterocycles. The number of rotatable bonds is 3. The molecule has 2 N–H and O–H groups in total. The van der Waals surface area contributed by atoms with E-state index in [1.165, 1.54) is 11.1 Å². The average molecular weight is 297 g/mol. The van der Waals surface area contributed by atoms with Gasteiger partial charge in [-0.15, -0.1) is 12.4 Å². The molecule has 1 atom stereocenters. The maximum atomic E-state index is 12.4. The van der Waals surface area contributed by atoms with Gasteiger partial charge in [-0.05, 0) is 36.0 Å². The Morgan fingerprint density at radius 2 is 2.05 bits per heavy atom. The minimum Gasteiger partial charge on any atom is -0.330 e. The van der Waals surface area contributed by atoms with E-state index < -0.39 is 0 Å². The molecule has 0 aromatic heterocycles. The summed E-state index contributed by atoms with van der Waals surface area (Å²) in [6.07, 6.45) is 2.11. The fourth-order valence-electron chi connectivity index (χ4n) is 2.57. The van der Waals surface area contributed by atoms with Gasteiger partial charge in [-0.25, -0.2) is 0 Å². The zero-order valence-corrected chi connectivity index (χ0v) is 13.4. The summed E-state index contributed by atoms with van der Waals surface area (Å²) in [7, 11) is 0. The normalized spacial score (nSPS) is 15.6. The largest absolute Gasteiger partial charge is 0.330 e. The zero-order chi connectivity index (χ0) is 14.0. The van der Waals surface area contributed by atoms with Crippen LogP contribution < -0.4 is 10.6 Å². The van der Waals surface area contributed by atoms with E-state index in [4.69, 9.17) is 5.73 Å². The van der Waals surface area contributed by atoms with E-state index in [2.05, 4.69) is 32.0 Å². The number of carbonyl (C=O) groups is 1. The molecular formula is C16H25ClN2O. The highest BCUT2D eigenvalue weighted by Crippen LogP contribution is 2.31. The van der Waals surface area contributed by atoms with Gasteiger partial charge in [0.2, 0.25) is 5.91 Å². The third kappa shape index (κ3) is 3.33. The second-order valence-electron chi connectivity index (χ2n) is 5.77. The molecule has 1 aliphatic rings. The van der Waals surface area contributed by atoms with E-state index in [1.807, 2.05) is 11.8 Å². The molecule has 2 rings (SSSR count). The van der Waals surface area contributed by atoms with E-state index in [0.29, 0.717) is 12.5 Å². The maximum Gasteiger partial charge on any atom is 0.231 e. The molecule has 1 unspecified atom stereocenters. The monoisotopic (exact) mass is 296 g/mol. The first-order valence-electron chi connectivity index (χ1n) is 7.19. The van der Waals surface area contributed by atoms with Crippen LogP contribution in [0.3, 0.4) is 0 Å². The molecule has 1 amide bonds. The Morgan fingerprint density at radius 3 is 2.65 bits per heavy atom. The van der Waals surface area contributed by atoms with Gasteiger partial charge in [0.05, 0.1) is 0 Å². The van der Waals surface area contributed by atoms with Gasteiger partial charge in [0.15, 0.2) is 0 Å². The Balaban J connectivity index is 0.00000200. The minimum absolute atomic E-state index is 0. The van der Waals surface area contributed by atoms with Crippen LogP contribution in [0.4, 0.5) is 5.69 Å². The molecule has 112 valence electrons. The van der Waals surface area contributed by atoms with Crippen LogP contribution in [0.15, 0.2) is 18.2 Å². The Labute approximate surface area is 127 Å². The molecule has 0 saturated carbocycles. The number of nitrogens with zero attached hydrogens (tertiary/aromatic N) is 1. The van der Waals surface area contributed by atoms with Gasteiger partial charge in [0.1, 0.15) is 0 Å². The SMILES string of the molecule is CC(CN)C(=O)N1CCCc2cc(C(C)C)ccc21.Cl. The van der Waals surface area contributed by atoms with E-state index >= 15 is 0 Å². The lowest BCUT2D eigenvalue weighted by molar-refractivity contribution is -0.121. The number of benzene rings is 1. The molecule has 1 aromatic carbocycles. The third-order valence-electron chi connectivity index (χ3n) is 3.93. The van der Waals surface area contributed by atoms with Crippen LogP contribution in [0.25, 0.3) is 0 Å². The molecule has 0 aliphatic carbocycles. The lowest BCUT2D eigenvalue weighted by atomic mass is 9.94. The van der Waals surface area contributed by atoms with E-state index in [-0.39, 0.29) is 24.2 Å². The van der Waals surface area contributed by atoms with Crippen LogP contribution in [0.5, 0.6) is 0 Å². The number of nitrogens with two attached hydrogens (primary N) is 1. The molecule has 3 nitrogen and oxygen atoms in total. The Hall–Kier alpha value is -1.06. The number of carbonyl (C=O) groups excluding carboxylic acids is 1. The van der Waals surface area contributed by atoms with Crippen molar-refractivity contribution in [1.82, 2.24) is 0 Å². The highest BCUT2D eigenvalue weighted by molar-refractivity contribution is 5.96. The third-order valence-corrected chi connectivity index (χ3v) is 3.93. The molecule has 0 fully saturated rings. The molecular weight excluding hydrogens is 272 g/mol. The predicted molar refractivity (Wildman–Crippen MR) is 86.7 cm³/mol. The first-order valence-corrected chi connectivity index (χ1v) is 7.19. The summed E-state index contributed by atoms with van der Waals surface area (Å²) >= 11 is 0. The highest BCUT2D eigenvalue weighted by Gasteiger charge is 2.25. The van der Waals surface area contributed by atoms with E-state index in [9.17, 15) is 4.79 Å². The lowest BCUT2D eigenvalue weighted by Gasteiger charge is -2.32. The standard InChI is InChI=1S/C16H24N2O.ClH/c1-11(2)13-6-7-15-14(9-13)5-4-8-18(15)16(19)12(3)10-17;/h6-7,9,11-12H,4-5,8,10,17H2,1-3H3;1H. The first-order chi connectivity index (χ1) is 9.04. The van der Waals surface area contributed by atoms with Crippen LogP contribution in [-0.2, 0) is 11.2 Å². The quantitative estimate of drug-likeness (QED) is 0.931. The number of hydrogen-bond donors (Lipinski definition) is 1. The molecule has 0 bridgehead atoms. The fourth-order valence-corrected chi connectivity index (χ4v) is 2.57. The van der Waals surface area contributed by atoms with Crippen molar-refractivity contribution in [3.8, 4) is 0 Å². The summed E-state index contributed by atoms with van der Waals surface area (Å²) in [4.78, 5) is 14.3. The molecule has 4 heteroatoms. The van der Waals surface area contributed by atoms with Gasteiger partial charge in [-0.2, -0.15) is 0 Å². The summed E-state index contributed by atoms with van der Waals surface area (Å²) < 4.78 is 0. The summed E-state index contributed by atoms with van der Waals surface area (Å²) in [5.41, 5.74) is 9.35. The topological polar surface area (TPSA) is 46.3 Å². The fraction of sp³-hybridized carbons (Fsp3) is 0.562. The second-order valence-corrected chi connectivity index (χ2v) is 5.77. The number of hydrogen-bond acceptors (Lipinski definition) is 2. The number of aryl methyl sites for hydroxylation is 1. The van der Waals surface area contributed by atoms with Crippen molar-refractivity contribution in [3.05, 3.63) is 29.3 Å². The Morgan fingerprint density at radius 1 is 1.35 bits per heavy atom. The molecule has 20 heavy (non-hydrogen) atoms. The Bertz CT molecular complexity index is 474. The van der Waals surface area contributed by atoms with Crippen molar-refractivity contribution in [2.75, 3.05) is 18.0 Å². The van der Waals surface area contributed by atoms with Gasteiger partial charge >= 0.3 is 0 Å². The van der Waals surface area contributed by atoms with Crippen LogP contribution in [0, 0.1) is 5.92 Å². The summed E-state index contributed by atoms with van der Waals surface area (Å²) in [6.45, 7) is 7.53. The molecule has 0 spiro atoms. The van der Waals surface area contributed by atoms with Gasteiger partial charge in [0.25, 0.3) is 0 Å². The molecule has 1 aromatic rings. The van der Waals surface area contributed by atoms with Crippen molar-refractivity contribution >= 4 is 24.0 Å². The van der Waals surface area contributed by atoms with Gasteiger partial charge in [-0.1, -0.05) is 32.9 Å². The first kappa shape index (κ1) is 17.0. The van der Waals surface area contributed by atoms with Crippen molar-refractivity contribution in [1.29, 1.82) is 0 Å². The van der Waals surface area contributed by atoms with Crippen molar-refractivity contribution in [2.24, 2.45) is 11.7 Å². The number of halogens is 1. The van der Waals surface area contributed by atoms with Crippen LogP contribution in [-0.4, -0.2) is 19.0 Å². The zero-order valence-electron chi connectivity index (χ0n) is 12.6. The van der Waals surface area contributed by atoms with Gasteiger partial charge < -0.3 is 10.6 Å².